The third-order valence-electron chi connectivity index (χ3n) is 5.31. The number of nitrogens with zero attached hydrogens (tertiary/aromatic N) is 4. The summed E-state index contributed by atoms with van der Waals surface area (Å²) < 4.78 is 14.7. The van der Waals surface area contributed by atoms with Crippen molar-refractivity contribution in [3.05, 3.63) is 59.9 Å². The first-order valence-corrected chi connectivity index (χ1v) is 11.7. The minimum Gasteiger partial charge on any atom is -0.494 e. The fourth-order valence-corrected chi connectivity index (χ4v) is 4.19. The van der Waals surface area contributed by atoms with E-state index >= 15 is 0 Å². The van der Waals surface area contributed by atoms with Crippen LogP contribution in [-0.4, -0.2) is 44.9 Å². The van der Waals surface area contributed by atoms with Crippen molar-refractivity contribution in [3.63, 3.8) is 0 Å². The lowest BCUT2D eigenvalue weighted by Gasteiger charge is -2.26. The fourth-order valence-electron chi connectivity index (χ4n) is 3.69. The van der Waals surface area contributed by atoms with Crippen LogP contribution in [0.15, 0.2) is 48.8 Å². The molecule has 4 rings (SSSR count). The number of aromatic nitrogens is 3. The van der Waals surface area contributed by atoms with E-state index in [2.05, 4.69) is 47.5 Å². The topological polar surface area (TPSA) is 75.2 Å². The van der Waals surface area contributed by atoms with Gasteiger partial charge in [-0.2, -0.15) is 8.75 Å². The summed E-state index contributed by atoms with van der Waals surface area (Å²) in [6, 6.07) is 12.5. The van der Waals surface area contributed by atoms with Gasteiger partial charge in [0, 0.05) is 32.0 Å². The predicted molar refractivity (Wildman–Crippen MR) is 126 cm³/mol. The molecule has 2 N–H and O–H groups in total. The van der Waals surface area contributed by atoms with Crippen molar-refractivity contribution in [1.29, 1.82) is 0 Å². The lowest BCUT2D eigenvalue weighted by Crippen LogP contribution is -2.29. The van der Waals surface area contributed by atoms with Crippen LogP contribution in [0.2, 0.25) is 0 Å². The number of hydrogen-bond donors (Lipinski definition) is 2. The van der Waals surface area contributed by atoms with Gasteiger partial charge >= 0.3 is 0 Å². The van der Waals surface area contributed by atoms with Crippen LogP contribution >= 0.6 is 11.7 Å². The Balaban J connectivity index is 1.16. The van der Waals surface area contributed by atoms with E-state index in [1.54, 1.807) is 6.20 Å². The molecule has 0 amide bonds. The first-order valence-electron chi connectivity index (χ1n) is 11.0. The summed E-state index contributed by atoms with van der Waals surface area (Å²) in [6.07, 6.45) is 8.51. The molecule has 0 saturated carbocycles. The second-order valence-electron chi connectivity index (χ2n) is 7.79. The van der Waals surface area contributed by atoms with Crippen LogP contribution < -0.4 is 15.4 Å². The third kappa shape index (κ3) is 6.90. The molecule has 31 heavy (non-hydrogen) atoms. The molecule has 1 saturated heterocycles. The van der Waals surface area contributed by atoms with Crippen molar-refractivity contribution in [2.24, 2.45) is 0 Å². The maximum Gasteiger partial charge on any atom is 0.184 e. The van der Waals surface area contributed by atoms with Crippen molar-refractivity contribution in [2.45, 2.75) is 38.8 Å². The highest BCUT2D eigenvalue weighted by atomic mass is 32.1. The van der Waals surface area contributed by atoms with Gasteiger partial charge in [0.2, 0.25) is 0 Å². The van der Waals surface area contributed by atoms with Crippen molar-refractivity contribution in [3.8, 4) is 5.75 Å². The Morgan fingerprint density at radius 1 is 0.968 bits per heavy atom. The molecule has 1 fully saturated rings. The van der Waals surface area contributed by atoms with E-state index in [-0.39, 0.29) is 0 Å². The quantitative estimate of drug-likeness (QED) is 0.430. The summed E-state index contributed by atoms with van der Waals surface area (Å²) in [7, 11) is 0. The Hall–Kier alpha value is -2.71. The standard InChI is InChI=1S/C23H30N6OS/c1-2-12-29(13-3-1)18-19-7-4-9-21(15-19)30-14-6-11-25-22-23(28-31-27-22)26-17-20-8-5-10-24-16-20/h4-5,7-10,15-16H,1-3,6,11-14,17-18H2,(H,25,27)(H,26,28). The van der Waals surface area contributed by atoms with Gasteiger partial charge in [0.05, 0.1) is 18.3 Å². The first-order chi connectivity index (χ1) is 15.4. The number of likely N-dealkylation sites (tertiary alicyclic amines) is 1. The summed E-state index contributed by atoms with van der Waals surface area (Å²) in [5.41, 5.74) is 2.44. The molecule has 3 aromatic rings. The molecule has 0 spiro atoms. The van der Waals surface area contributed by atoms with Crippen LogP contribution in [0.25, 0.3) is 0 Å². The lowest BCUT2D eigenvalue weighted by molar-refractivity contribution is 0.220. The highest BCUT2D eigenvalue weighted by Crippen LogP contribution is 2.20. The van der Waals surface area contributed by atoms with Crippen LogP contribution in [0.1, 0.15) is 36.8 Å². The molecule has 1 aromatic carbocycles. The van der Waals surface area contributed by atoms with E-state index in [0.717, 1.165) is 42.5 Å². The predicted octanol–water partition coefficient (Wildman–Crippen LogP) is 4.41. The van der Waals surface area contributed by atoms with Crippen LogP contribution in [-0.2, 0) is 13.1 Å². The zero-order valence-electron chi connectivity index (χ0n) is 17.8. The molecule has 3 heterocycles. The molecular weight excluding hydrogens is 408 g/mol. The van der Waals surface area contributed by atoms with Gasteiger partial charge in [-0.05, 0) is 61.7 Å². The number of rotatable bonds is 11. The zero-order valence-corrected chi connectivity index (χ0v) is 18.6. The number of piperidine rings is 1. The summed E-state index contributed by atoms with van der Waals surface area (Å²) in [5.74, 6) is 2.52. The van der Waals surface area contributed by atoms with Gasteiger partial charge in [0.15, 0.2) is 11.6 Å². The van der Waals surface area contributed by atoms with Crippen LogP contribution in [0.3, 0.4) is 0 Å². The second-order valence-corrected chi connectivity index (χ2v) is 8.32. The molecule has 0 radical (unpaired) electrons. The monoisotopic (exact) mass is 438 g/mol. The molecule has 0 atom stereocenters. The van der Waals surface area contributed by atoms with Crippen LogP contribution in [0.5, 0.6) is 5.75 Å². The van der Waals surface area contributed by atoms with Gasteiger partial charge in [-0.15, -0.1) is 0 Å². The summed E-state index contributed by atoms with van der Waals surface area (Å²) in [6.45, 7) is 5.55. The molecule has 1 aliphatic rings. The van der Waals surface area contributed by atoms with Crippen molar-refractivity contribution >= 4 is 23.4 Å². The number of benzene rings is 1. The maximum absolute atomic E-state index is 5.98. The SMILES string of the molecule is c1cncc(CNc2nsnc2NCCCOc2cccc(CN3CCCCC3)c2)c1. The average molecular weight is 439 g/mol. The summed E-state index contributed by atoms with van der Waals surface area (Å²) in [4.78, 5) is 6.67. The van der Waals surface area contributed by atoms with Gasteiger partial charge in [-0.3, -0.25) is 9.88 Å². The van der Waals surface area contributed by atoms with Crippen LogP contribution in [0.4, 0.5) is 11.6 Å². The Kier molecular flexibility index (Phi) is 8.07. The Morgan fingerprint density at radius 3 is 2.65 bits per heavy atom. The smallest absolute Gasteiger partial charge is 0.184 e. The van der Waals surface area contributed by atoms with Crippen molar-refractivity contribution in [1.82, 2.24) is 18.6 Å². The summed E-state index contributed by atoms with van der Waals surface area (Å²) >= 11 is 1.20. The highest BCUT2D eigenvalue weighted by molar-refractivity contribution is 6.99. The molecule has 0 aliphatic carbocycles. The summed E-state index contributed by atoms with van der Waals surface area (Å²) in [5, 5.41) is 6.67. The van der Waals surface area contributed by atoms with Gasteiger partial charge in [-0.1, -0.05) is 24.6 Å². The normalized spacial score (nSPS) is 14.3. The third-order valence-corrected chi connectivity index (χ3v) is 5.84. The Morgan fingerprint density at radius 2 is 1.81 bits per heavy atom. The number of anilines is 2. The van der Waals surface area contributed by atoms with Crippen molar-refractivity contribution in [2.75, 3.05) is 36.9 Å². The lowest BCUT2D eigenvalue weighted by atomic mass is 10.1. The maximum atomic E-state index is 5.98. The van der Waals surface area contributed by atoms with E-state index in [9.17, 15) is 0 Å². The Bertz CT molecular complexity index is 913. The zero-order chi connectivity index (χ0) is 21.1. The van der Waals surface area contributed by atoms with E-state index in [4.69, 9.17) is 4.74 Å². The molecular formula is C23H30N6OS. The number of nitrogens with one attached hydrogen (secondary N) is 2. The van der Waals surface area contributed by atoms with Gasteiger partial charge in [-0.25, -0.2) is 0 Å². The second kappa shape index (κ2) is 11.6. The minimum absolute atomic E-state index is 0.663. The number of ether oxygens (including phenoxy) is 1. The van der Waals surface area contributed by atoms with E-state index < -0.39 is 0 Å². The number of hydrogen-bond acceptors (Lipinski definition) is 8. The molecule has 1 aliphatic heterocycles. The fraction of sp³-hybridized carbons (Fsp3) is 0.435. The molecule has 7 nitrogen and oxygen atoms in total. The Labute approximate surface area is 188 Å². The van der Waals surface area contributed by atoms with E-state index in [0.29, 0.717) is 13.2 Å². The van der Waals surface area contributed by atoms with Gasteiger partial charge in [0.25, 0.3) is 0 Å². The largest absolute Gasteiger partial charge is 0.494 e. The van der Waals surface area contributed by atoms with E-state index in [1.807, 2.05) is 24.4 Å². The molecule has 164 valence electrons. The van der Waals surface area contributed by atoms with Gasteiger partial charge in [0.1, 0.15) is 5.75 Å². The molecule has 8 heteroatoms. The molecule has 2 aromatic heterocycles. The average Bonchev–Trinajstić information content (AvgIpc) is 3.26. The van der Waals surface area contributed by atoms with E-state index in [1.165, 1.54) is 49.6 Å². The van der Waals surface area contributed by atoms with Crippen molar-refractivity contribution < 1.29 is 4.74 Å². The first kappa shape index (κ1) is 21.5. The number of pyridine rings is 1. The highest BCUT2D eigenvalue weighted by Gasteiger charge is 2.11. The molecule has 0 bridgehead atoms. The van der Waals surface area contributed by atoms with Crippen LogP contribution in [0, 0.1) is 0 Å². The molecule has 0 unspecified atom stereocenters. The van der Waals surface area contributed by atoms with Gasteiger partial charge < -0.3 is 15.4 Å². The minimum atomic E-state index is 0.663.